The van der Waals surface area contributed by atoms with Gasteiger partial charge in [-0.15, -0.1) is 0 Å². The summed E-state index contributed by atoms with van der Waals surface area (Å²) in [6, 6.07) is 0. The average molecular weight is 279 g/mol. The van der Waals surface area contributed by atoms with Crippen LogP contribution in [-0.2, 0) is 0 Å². The third-order valence-electron chi connectivity index (χ3n) is 2.28. The van der Waals surface area contributed by atoms with Crippen LogP contribution < -0.4 is 5.32 Å². The third kappa shape index (κ3) is 3.76. The highest BCUT2D eigenvalue weighted by Gasteiger charge is 2.24. The number of benzene rings is 1. The monoisotopic (exact) mass is 279 g/mol. The predicted octanol–water partition coefficient (Wildman–Crippen LogP) is 3.78. The summed E-state index contributed by atoms with van der Waals surface area (Å²) in [5.41, 5.74) is -1.16. The van der Waals surface area contributed by atoms with Crippen LogP contribution in [0.25, 0.3) is 6.08 Å². The van der Waals surface area contributed by atoms with Gasteiger partial charge < -0.3 is 5.32 Å². The second-order valence-electron chi connectivity index (χ2n) is 5.02. The molecule has 0 radical (unpaired) electrons. The third-order valence-corrected chi connectivity index (χ3v) is 2.28. The molecular formula is C13H14F5N. The van der Waals surface area contributed by atoms with Gasteiger partial charge in [-0.1, -0.05) is 12.2 Å². The first kappa shape index (κ1) is 15.6. The first-order valence-corrected chi connectivity index (χ1v) is 5.58. The molecule has 1 nitrogen and oxygen atoms in total. The van der Waals surface area contributed by atoms with Crippen molar-refractivity contribution in [1.29, 1.82) is 0 Å². The molecule has 0 heterocycles. The highest BCUT2D eigenvalue weighted by Crippen LogP contribution is 2.23. The number of hydrogen-bond donors (Lipinski definition) is 1. The number of hydrogen-bond acceptors (Lipinski definition) is 1. The summed E-state index contributed by atoms with van der Waals surface area (Å²) in [5.74, 6) is -9.70. The van der Waals surface area contributed by atoms with Crippen LogP contribution in [0.3, 0.4) is 0 Å². The van der Waals surface area contributed by atoms with E-state index in [1.807, 2.05) is 20.8 Å². The lowest BCUT2D eigenvalue weighted by molar-refractivity contribution is 0.377. The average Bonchev–Trinajstić information content (AvgIpc) is 2.32. The maximum Gasteiger partial charge on any atom is 0.200 e. The Balaban J connectivity index is 2.99. The van der Waals surface area contributed by atoms with Crippen LogP contribution in [0.1, 0.15) is 26.3 Å². The molecule has 0 bridgehead atoms. The summed E-state index contributed by atoms with van der Waals surface area (Å²) in [7, 11) is 0. The van der Waals surface area contributed by atoms with Crippen LogP contribution in [0.15, 0.2) is 6.08 Å². The van der Waals surface area contributed by atoms with Crippen molar-refractivity contribution in [2.45, 2.75) is 26.3 Å². The molecule has 0 fully saturated rings. The molecule has 0 saturated carbocycles. The van der Waals surface area contributed by atoms with E-state index in [2.05, 4.69) is 5.32 Å². The number of rotatable bonds is 3. The Kier molecular flexibility index (Phi) is 4.68. The molecule has 1 aromatic carbocycles. The summed E-state index contributed by atoms with van der Waals surface area (Å²) in [4.78, 5) is 0. The van der Waals surface area contributed by atoms with Crippen molar-refractivity contribution in [3.05, 3.63) is 40.7 Å². The van der Waals surface area contributed by atoms with E-state index >= 15 is 0 Å². The van der Waals surface area contributed by atoms with Gasteiger partial charge in [-0.05, 0) is 20.8 Å². The molecule has 0 saturated heterocycles. The van der Waals surface area contributed by atoms with Gasteiger partial charge >= 0.3 is 0 Å². The lowest BCUT2D eigenvalue weighted by Gasteiger charge is -2.18. The quantitative estimate of drug-likeness (QED) is 0.504. The predicted molar refractivity (Wildman–Crippen MR) is 63.0 cm³/mol. The van der Waals surface area contributed by atoms with Crippen LogP contribution in [-0.4, -0.2) is 12.1 Å². The molecule has 1 rings (SSSR count). The van der Waals surface area contributed by atoms with Crippen molar-refractivity contribution >= 4 is 6.08 Å². The Morgan fingerprint density at radius 2 is 1.26 bits per heavy atom. The van der Waals surface area contributed by atoms with Gasteiger partial charge in [0.25, 0.3) is 0 Å². The van der Waals surface area contributed by atoms with E-state index in [0.717, 1.165) is 6.08 Å². The fraction of sp³-hybridized carbons (Fsp3) is 0.385. The zero-order chi connectivity index (χ0) is 14.8. The molecule has 0 aliphatic carbocycles. The molecule has 0 atom stereocenters. The highest BCUT2D eigenvalue weighted by atomic mass is 19.2. The van der Waals surface area contributed by atoms with Crippen LogP contribution in [0.5, 0.6) is 0 Å². The van der Waals surface area contributed by atoms with Gasteiger partial charge in [0, 0.05) is 12.1 Å². The normalized spacial score (nSPS) is 12.4. The lowest BCUT2D eigenvalue weighted by Crippen LogP contribution is -2.35. The molecule has 0 amide bonds. The van der Waals surface area contributed by atoms with Crippen molar-refractivity contribution in [2.24, 2.45) is 0 Å². The maximum atomic E-state index is 13.3. The van der Waals surface area contributed by atoms with Gasteiger partial charge in [0.2, 0.25) is 5.82 Å². The van der Waals surface area contributed by atoms with Crippen molar-refractivity contribution in [3.8, 4) is 0 Å². The van der Waals surface area contributed by atoms with Crippen molar-refractivity contribution in [1.82, 2.24) is 5.32 Å². The number of halogens is 5. The van der Waals surface area contributed by atoms with Crippen LogP contribution >= 0.6 is 0 Å². The van der Waals surface area contributed by atoms with Gasteiger partial charge in [0.15, 0.2) is 23.3 Å². The zero-order valence-corrected chi connectivity index (χ0v) is 10.8. The SMILES string of the molecule is CC(C)(C)NCC=Cc1c(F)c(F)c(F)c(F)c1F. The molecule has 0 spiro atoms. The molecular weight excluding hydrogens is 265 g/mol. The second-order valence-corrected chi connectivity index (χ2v) is 5.02. The van der Waals surface area contributed by atoms with Gasteiger partial charge in [-0.3, -0.25) is 0 Å². The Morgan fingerprint density at radius 1 is 0.842 bits per heavy atom. The summed E-state index contributed by atoms with van der Waals surface area (Å²) < 4.78 is 65.1. The second kappa shape index (κ2) is 5.69. The van der Waals surface area contributed by atoms with Crippen molar-refractivity contribution < 1.29 is 22.0 Å². The standard InChI is InChI=1S/C13H14F5N/c1-13(2,3)19-6-4-5-7-8(14)10(16)12(18)11(17)9(7)15/h4-5,19H,6H2,1-3H3. The smallest absolute Gasteiger partial charge is 0.200 e. The largest absolute Gasteiger partial charge is 0.309 e. The maximum absolute atomic E-state index is 13.3. The van der Waals surface area contributed by atoms with E-state index in [-0.39, 0.29) is 12.1 Å². The van der Waals surface area contributed by atoms with Gasteiger partial charge in [-0.25, -0.2) is 22.0 Å². The van der Waals surface area contributed by atoms with E-state index in [4.69, 9.17) is 0 Å². The van der Waals surface area contributed by atoms with Crippen LogP contribution in [0, 0.1) is 29.1 Å². The number of nitrogens with one attached hydrogen (secondary N) is 1. The molecule has 0 aliphatic rings. The van der Waals surface area contributed by atoms with E-state index in [9.17, 15) is 22.0 Å². The summed E-state index contributed by atoms with van der Waals surface area (Å²) in [5, 5.41) is 2.98. The summed E-state index contributed by atoms with van der Waals surface area (Å²) in [6.07, 6.45) is 2.17. The molecule has 106 valence electrons. The summed E-state index contributed by atoms with van der Waals surface area (Å²) >= 11 is 0. The van der Waals surface area contributed by atoms with Crippen molar-refractivity contribution in [3.63, 3.8) is 0 Å². The van der Waals surface area contributed by atoms with Gasteiger partial charge in [0.05, 0.1) is 5.56 Å². The van der Waals surface area contributed by atoms with Gasteiger partial charge in [0.1, 0.15) is 0 Å². The Morgan fingerprint density at radius 3 is 1.68 bits per heavy atom. The minimum absolute atomic E-state index is 0.222. The molecule has 0 aromatic heterocycles. The van der Waals surface area contributed by atoms with Crippen LogP contribution in [0.2, 0.25) is 0 Å². The molecule has 1 N–H and O–H groups in total. The zero-order valence-electron chi connectivity index (χ0n) is 10.8. The first-order chi connectivity index (χ1) is 8.65. The topological polar surface area (TPSA) is 12.0 Å². The Bertz CT molecular complexity index is 474. The van der Waals surface area contributed by atoms with E-state index < -0.39 is 34.6 Å². The molecule has 19 heavy (non-hydrogen) atoms. The van der Waals surface area contributed by atoms with Gasteiger partial charge in [-0.2, -0.15) is 0 Å². The molecule has 0 aliphatic heterocycles. The lowest BCUT2D eigenvalue weighted by atomic mass is 10.1. The fourth-order valence-electron chi connectivity index (χ4n) is 1.31. The van der Waals surface area contributed by atoms with Crippen LogP contribution in [0.4, 0.5) is 22.0 Å². The first-order valence-electron chi connectivity index (χ1n) is 5.58. The molecule has 0 unspecified atom stereocenters. The summed E-state index contributed by atoms with van der Waals surface area (Å²) in [6.45, 7) is 5.86. The highest BCUT2D eigenvalue weighted by molar-refractivity contribution is 5.51. The fourth-order valence-corrected chi connectivity index (χ4v) is 1.31. The van der Waals surface area contributed by atoms with E-state index in [1.165, 1.54) is 6.08 Å². The minimum atomic E-state index is -2.15. The van der Waals surface area contributed by atoms with Crippen molar-refractivity contribution in [2.75, 3.05) is 6.54 Å². The van der Waals surface area contributed by atoms with E-state index in [1.54, 1.807) is 0 Å². The minimum Gasteiger partial charge on any atom is -0.309 e. The Hall–Kier alpha value is -1.43. The van der Waals surface area contributed by atoms with E-state index in [0.29, 0.717) is 0 Å². The molecule has 1 aromatic rings. The Labute approximate surface area is 108 Å². The molecule has 6 heteroatoms.